The van der Waals surface area contributed by atoms with E-state index in [0.29, 0.717) is 21.6 Å². The zero-order valence-electron chi connectivity index (χ0n) is 11.5. The minimum Gasteiger partial charge on any atom is -0.306 e. The zero-order valence-corrected chi connectivity index (χ0v) is 13.8. The standard InChI is InChI=1S/C16H15BrClF2N/c1-2-7-21-16(11-5-3-4-6-12(11)18)15-13(19)8-10(17)9-14(15)20/h3-6,8-9,16,21H,2,7H2,1H3. The van der Waals surface area contributed by atoms with Gasteiger partial charge in [-0.3, -0.25) is 0 Å². The number of halogens is 4. The molecule has 21 heavy (non-hydrogen) atoms. The Balaban J connectivity index is 2.54. The Hall–Kier alpha value is -0.970. The van der Waals surface area contributed by atoms with Crippen LogP contribution in [0.25, 0.3) is 0 Å². The van der Waals surface area contributed by atoms with Crippen LogP contribution in [0.4, 0.5) is 8.78 Å². The predicted molar refractivity (Wildman–Crippen MR) is 85.6 cm³/mol. The van der Waals surface area contributed by atoms with Gasteiger partial charge in [-0.25, -0.2) is 8.78 Å². The van der Waals surface area contributed by atoms with Crippen LogP contribution in [0.5, 0.6) is 0 Å². The highest BCUT2D eigenvalue weighted by atomic mass is 79.9. The van der Waals surface area contributed by atoms with Crippen LogP contribution in [0, 0.1) is 11.6 Å². The van der Waals surface area contributed by atoms with E-state index in [9.17, 15) is 8.78 Å². The Labute approximate surface area is 136 Å². The number of benzene rings is 2. The molecule has 0 aromatic heterocycles. The molecule has 2 aromatic carbocycles. The number of hydrogen-bond acceptors (Lipinski definition) is 1. The van der Waals surface area contributed by atoms with Gasteiger partial charge in [0.25, 0.3) is 0 Å². The molecule has 0 bridgehead atoms. The first-order valence-corrected chi connectivity index (χ1v) is 7.84. The lowest BCUT2D eigenvalue weighted by atomic mass is 9.97. The van der Waals surface area contributed by atoms with E-state index in [0.717, 1.165) is 6.42 Å². The van der Waals surface area contributed by atoms with E-state index < -0.39 is 17.7 Å². The quantitative estimate of drug-likeness (QED) is 0.732. The maximum absolute atomic E-state index is 14.3. The van der Waals surface area contributed by atoms with Crippen molar-refractivity contribution in [2.75, 3.05) is 6.54 Å². The van der Waals surface area contributed by atoms with Gasteiger partial charge in [-0.2, -0.15) is 0 Å². The molecule has 1 nitrogen and oxygen atoms in total. The molecule has 2 aromatic rings. The minimum atomic E-state index is -0.619. The molecule has 0 radical (unpaired) electrons. The summed E-state index contributed by atoms with van der Waals surface area (Å²) in [4.78, 5) is 0. The topological polar surface area (TPSA) is 12.0 Å². The van der Waals surface area contributed by atoms with Crippen LogP contribution in [0.15, 0.2) is 40.9 Å². The molecule has 1 N–H and O–H groups in total. The van der Waals surface area contributed by atoms with Crippen LogP contribution in [-0.2, 0) is 0 Å². The highest BCUT2D eigenvalue weighted by molar-refractivity contribution is 9.10. The van der Waals surface area contributed by atoms with Crippen molar-refractivity contribution in [1.82, 2.24) is 5.32 Å². The largest absolute Gasteiger partial charge is 0.306 e. The molecular formula is C16H15BrClF2N. The van der Waals surface area contributed by atoms with Gasteiger partial charge in [0.1, 0.15) is 11.6 Å². The summed E-state index contributed by atoms with van der Waals surface area (Å²) in [7, 11) is 0. The van der Waals surface area contributed by atoms with Crippen LogP contribution in [0.3, 0.4) is 0 Å². The van der Waals surface area contributed by atoms with Crippen molar-refractivity contribution in [1.29, 1.82) is 0 Å². The average molecular weight is 375 g/mol. The molecule has 1 atom stereocenters. The second-order valence-corrected chi connectivity index (χ2v) is 6.01. The zero-order chi connectivity index (χ0) is 15.4. The highest BCUT2D eigenvalue weighted by Gasteiger charge is 2.23. The number of rotatable bonds is 5. The van der Waals surface area contributed by atoms with Crippen molar-refractivity contribution in [2.45, 2.75) is 19.4 Å². The maximum atomic E-state index is 14.3. The van der Waals surface area contributed by atoms with Crippen molar-refractivity contribution in [3.05, 3.63) is 68.7 Å². The van der Waals surface area contributed by atoms with Crippen LogP contribution in [-0.4, -0.2) is 6.54 Å². The second-order valence-electron chi connectivity index (χ2n) is 4.69. The molecule has 2 rings (SSSR count). The number of hydrogen-bond donors (Lipinski definition) is 1. The fourth-order valence-corrected chi connectivity index (χ4v) is 2.84. The monoisotopic (exact) mass is 373 g/mol. The average Bonchev–Trinajstić information content (AvgIpc) is 2.42. The van der Waals surface area contributed by atoms with Crippen molar-refractivity contribution in [3.63, 3.8) is 0 Å². The molecule has 0 saturated carbocycles. The van der Waals surface area contributed by atoms with Gasteiger partial charge >= 0.3 is 0 Å². The molecule has 0 saturated heterocycles. The Bertz CT molecular complexity index is 610. The third kappa shape index (κ3) is 3.82. The van der Waals surface area contributed by atoms with Crippen LogP contribution >= 0.6 is 27.5 Å². The summed E-state index contributed by atoms with van der Waals surface area (Å²) in [6.07, 6.45) is 0.848. The molecule has 0 aliphatic rings. The summed E-state index contributed by atoms with van der Waals surface area (Å²) >= 11 is 9.28. The molecule has 0 fully saturated rings. The predicted octanol–water partition coefficient (Wildman–Crippen LogP) is 5.47. The molecule has 0 aliphatic heterocycles. The fourth-order valence-electron chi connectivity index (χ4n) is 2.19. The lowest BCUT2D eigenvalue weighted by Gasteiger charge is -2.22. The van der Waals surface area contributed by atoms with E-state index in [1.165, 1.54) is 12.1 Å². The number of nitrogens with one attached hydrogen (secondary N) is 1. The van der Waals surface area contributed by atoms with Crippen LogP contribution in [0.2, 0.25) is 5.02 Å². The van der Waals surface area contributed by atoms with E-state index >= 15 is 0 Å². The van der Waals surface area contributed by atoms with E-state index in [4.69, 9.17) is 11.6 Å². The molecule has 0 aliphatic carbocycles. The van der Waals surface area contributed by atoms with Crippen LogP contribution < -0.4 is 5.32 Å². The lowest BCUT2D eigenvalue weighted by molar-refractivity contribution is 0.502. The molecular weight excluding hydrogens is 360 g/mol. The second kappa shape index (κ2) is 7.34. The summed E-state index contributed by atoms with van der Waals surface area (Å²) in [6, 6.07) is 8.98. The maximum Gasteiger partial charge on any atom is 0.132 e. The van der Waals surface area contributed by atoms with Gasteiger partial charge in [-0.05, 0) is 36.7 Å². The summed E-state index contributed by atoms with van der Waals surface area (Å²) in [5.74, 6) is -1.20. The summed E-state index contributed by atoms with van der Waals surface area (Å²) in [5.41, 5.74) is 0.646. The highest BCUT2D eigenvalue weighted by Crippen LogP contribution is 2.32. The third-order valence-electron chi connectivity index (χ3n) is 3.15. The summed E-state index contributed by atoms with van der Waals surface area (Å²) in [5, 5.41) is 3.64. The summed E-state index contributed by atoms with van der Waals surface area (Å²) in [6.45, 7) is 2.62. The molecule has 5 heteroatoms. The SMILES string of the molecule is CCCNC(c1ccccc1Cl)c1c(F)cc(Br)cc1F. The summed E-state index contributed by atoms with van der Waals surface area (Å²) < 4.78 is 28.9. The lowest BCUT2D eigenvalue weighted by Crippen LogP contribution is -2.25. The van der Waals surface area contributed by atoms with Gasteiger partial charge in [0.2, 0.25) is 0 Å². The molecule has 1 unspecified atom stereocenters. The van der Waals surface area contributed by atoms with Gasteiger partial charge in [0, 0.05) is 15.1 Å². The molecule has 112 valence electrons. The van der Waals surface area contributed by atoms with Gasteiger partial charge < -0.3 is 5.32 Å². The first kappa shape index (κ1) is 16.4. The van der Waals surface area contributed by atoms with E-state index in [2.05, 4.69) is 21.2 Å². The van der Waals surface area contributed by atoms with Crippen molar-refractivity contribution in [3.8, 4) is 0 Å². The molecule has 0 spiro atoms. The fraction of sp³-hybridized carbons (Fsp3) is 0.250. The van der Waals surface area contributed by atoms with Gasteiger partial charge in [0.05, 0.1) is 6.04 Å². The Morgan fingerprint density at radius 2 is 1.81 bits per heavy atom. The third-order valence-corrected chi connectivity index (χ3v) is 3.95. The van der Waals surface area contributed by atoms with Gasteiger partial charge in [-0.1, -0.05) is 52.7 Å². The Morgan fingerprint density at radius 3 is 2.38 bits per heavy atom. The normalized spacial score (nSPS) is 12.4. The van der Waals surface area contributed by atoms with Crippen LogP contribution in [0.1, 0.15) is 30.5 Å². The Kier molecular flexibility index (Phi) is 5.73. The van der Waals surface area contributed by atoms with Crippen molar-refractivity contribution < 1.29 is 8.78 Å². The van der Waals surface area contributed by atoms with E-state index in [1.54, 1.807) is 24.3 Å². The van der Waals surface area contributed by atoms with E-state index in [-0.39, 0.29) is 5.56 Å². The first-order valence-electron chi connectivity index (χ1n) is 6.66. The smallest absolute Gasteiger partial charge is 0.132 e. The van der Waals surface area contributed by atoms with Gasteiger partial charge in [0.15, 0.2) is 0 Å². The van der Waals surface area contributed by atoms with Crippen molar-refractivity contribution >= 4 is 27.5 Å². The Morgan fingerprint density at radius 1 is 1.19 bits per heavy atom. The van der Waals surface area contributed by atoms with Gasteiger partial charge in [-0.15, -0.1) is 0 Å². The molecule has 0 heterocycles. The van der Waals surface area contributed by atoms with Crippen molar-refractivity contribution in [2.24, 2.45) is 0 Å². The van der Waals surface area contributed by atoms with E-state index in [1.807, 2.05) is 6.92 Å². The minimum absolute atomic E-state index is 0.0141. The first-order chi connectivity index (χ1) is 10.0. The molecule has 0 amide bonds.